The number of amides is 2. The maximum atomic E-state index is 15.5. The summed E-state index contributed by atoms with van der Waals surface area (Å²) in [4.78, 5) is 25.5. The van der Waals surface area contributed by atoms with Gasteiger partial charge in [-0.1, -0.05) is 36.4 Å². The predicted molar refractivity (Wildman–Crippen MR) is 228 cm³/mol. The van der Waals surface area contributed by atoms with Gasteiger partial charge in [0.05, 0.1) is 33.4 Å². The third-order valence-electron chi connectivity index (χ3n) is 9.19. The van der Waals surface area contributed by atoms with E-state index in [1.54, 1.807) is 79.9 Å². The number of nitrogens with zero attached hydrogens (tertiary/aromatic N) is 6. The Hall–Kier alpha value is -5.36. The number of carbonyl (C=O) groups is 2. The van der Waals surface area contributed by atoms with Crippen LogP contribution < -0.4 is 24.7 Å². The molecule has 1 heterocycles. The number of tetrazole rings is 1. The van der Waals surface area contributed by atoms with Crippen LogP contribution >= 0.6 is 22.6 Å². The molecule has 60 heavy (non-hydrogen) atoms. The van der Waals surface area contributed by atoms with Crippen LogP contribution in [0.1, 0.15) is 37.5 Å². The molecule has 0 aliphatic heterocycles. The molecule has 2 amide bonds. The second-order valence-electron chi connectivity index (χ2n) is 14.3. The minimum absolute atomic E-state index is 0.124. The summed E-state index contributed by atoms with van der Waals surface area (Å²) >= 11 is 1.88. The number of ether oxygens (including phenoxy) is 3. The first-order valence-corrected chi connectivity index (χ1v) is 22.1. The molecule has 1 atom stereocenters. The summed E-state index contributed by atoms with van der Waals surface area (Å²) in [5, 5.41) is 22.9. The largest absolute Gasteiger partial charge is 0.497 e. The van der Waals surface area contributed by atoms with Gasteiger partial charge < -0.3 is 25.1 Å². The van der Waals surface area contributed by atoms with Crippen molar-refractivity contribution >= 4 is 54.6 Å². The number of halogens is 1. The average Bonchev–Trinajstić information content (AvgIpc) is 3.66. The Kier molecular flexibility index (Phi) is 14.4. The lowest BCUT2D eigenvalue weighted by Crippen LogP contribution is -2.59. The van der Waals surface area contributed by atoms with Gasteiger partial charge in [0.25, 0.3) is 0 Å². The molecule has 18 nitrogen and oxygen atoms in total. The lowest BCUT2D eigenvalue weighted by Gasteiger charge is -2.38. The van der Waals surface area contributed by atoms with Gasteiger partial charge in [-0.25, -0.2) is 26.4 Å². The number of rotatable bonds is 18. The SMILES string of the molecule is COc1ccc(CN(Cc2ccc(OC)cc2)S(=O)(=O)c2c(S(=O)(=O)NC[C@@H](C(N)=O)N(C(=O)O)C(C)(C)C)ccc(I)c2-c2nnn(Cc3ccc(OC)cc3)n2)cc1. The molecule has 320 valence electrons. The molecule has 0 bridgehead atoms. The number of nitrogens with one attached hydrogen (secondary N) is 1. The fourth-order valence-electron chi connectivity index (χ4n) is 6.22. The van der Waals surface area contributed by atoms with E-state index in [9.17, 15) is 23.1 Å². The van der Waals surface area contributed by atoms with Crippen molar-refractivity contribution in [1.29, 1.82) is 0 Å². The zero-order chi connectivity index (χ0) is 44.0. The Morgan fingerprint density at radius 1 is 0.817 bits per heavy atom. The molecule has 0 aliphatic rings. The second kappa shape index (κ2) is 18.9. The van der Waals surface area contributed by atoms with E-state index in [1.165, 1.54) is 45.9 Å². The fourth-order valence-corrected chi connectivity index (χ4v) is 10.5. The van der Waals surface area contributed by atoms with Gasteiger partial charge in [-0.15, -0.1) is 10.2 Å². The molecule has 0 aliphatic carbocycles. The number of methoxy groups -OCH3 is 3. The molecule has 1 aromatic heterocycles. The minimum Gasteiger partial charge on any atom is -0.497 e. The topological polar surface area (TPSA) is 238 Å². The van der Waals surface area contributed by atoms with E-state index in [4.69, 9.17) is 19.9 Å². The first-order chi connectivity index (χ1) is 28.3. The third-order valence-corrected chi connectivity index (χ3v) is 13.6. The van der Waals surface area contributed by atoms with Gasteiger partial charge in [0.2, 0.25) is 31.8 Å². The molecule has 4 aromatic carbocycles. The summed E-state index contributed by atoms with van der Waals surface area (Å²) in [6.07, 6.45) is -1.53. The van der Waals surface area contributed by atoms with E-state index >= 15 is 8.42 Å². The van der Waals surface area contributed by atoms with Crippen LogP contribution in [0.25, 0.3) is 11.4 Å². The van der Waals surface area contributed by atoms with Gasteiger partial charge in [0.15, 0.2) is 0 Å². The van der Waals surface area contributed by atoms with Gasteiger partial charge in [0, 0.05) is 28.7 Å². The Morgan fingerprint density at radius 2 is 1.30 bits per heavy atom. The number of hydrogen-bond acceptors (Lipinski definition) is 12. The summed E-state index contributed by atoms with van der Waals surface area (Å²) in [7, 11) is -5.26. The molecular formula is C39H45IN8O10S2. The second-order valence-corrected chi connectivity index (χ2v) is 19.1. The van der Waals surface area contributed by atoms with Crippen LogP contribution in [0.15, 0.2) is 94.7 Å². The number of carboxylic acid groups (broad SMARTS) is 1. The molecular weight excluding hydrogens is 932 g/mol. The molecule has 21 heteroatoms. The summed E-state index contributed by atoms with van der Waals surface area (Å²) in [6.45, 7) is 3.38. The Balaban J connectivity index is 1.70. The highest BCUT2D eigenvalue weighted by Gasteiger charge is 2.40. The quantitative estimate of drug-likeness (QED) is 0.104. The zero-order valence-corrected chi connectivity index (χ0v) is 37.4. The summed E-state index contributed by atoms with van der Waals surface area (Å²) < 4.78 is 79.5. The van der Waals surface area contributed by atoms with Gasteiger partial charge in [-0.3, -0.25) is 9.69 Å². The van der Waals surface area contributed by atoms with Crippen LogP contribution in [-0.4, -0.2) is 103 Å². The molecule has 0 spiro atoms. The first-order valence-electron chi connectivity index (χ1n) is 18.1. The third kappa shape index (κ3) is 10.7. The number of benzene rings is 4. The highest BCUT2D eigenvalue weighted by atomic mass is 127. The van der Waals surface area contributed by atoms with Gasteiger partial charge in [0.1, 0.15) is 33.1 Å². The van der Waals surface area contributed by atoms with Gasteiger partial charge in [-0.2, -0.15) is 9.10 Å². The molecule has 0 radical (unpaired) electrons. The molecule has 0 fully saturated rings. The standard InChI is InChI=1S/C39H45IN8O10S2/c1-39(2,3)48(38(50)51)32(36(41)49)21-42-59(52,53)33-20-19-31(40)34(37-43-45-47(44-37)24-27-11-17-30(58-6)18-12-27)35(33)60(54,55)46(22-25-7-13-28(56-4)14-8-25)23-26-9-15-29(57-5)16-10-26/h7-20,32,42H,21-24H2,1-6H3,(H2,41,49)(H,50,51)/t32-/m0/s1. The first kappa shape index (κ1) is 45.7. The number of hydrogen-bond donors (Lipinski definition) is 3. The van der Waals surface area contributed by atoms with Crippen molar-refractivity contribution in [2.45, 2.75) is 61.8 Å². The van der Waals surface area contributed by atoms with Crippen LogP contribution in [0.3, 0.4) is 0 Å². The summed E-state index contributed by atoms with van der Waals surface area (Å²) in [6, 6.07) is 21.3. The monoisotopic (exact) mass is 976 g/mol. The molecule has 4 N–H and O–H groups in total. The maximum Gasteiger partial charge on any atom is 0.408 e. The van der Waals surface area contributed by atoms with Crippen molar-refractivity contribution in [2.75, 3.05) is 27.9 Å². The number of carbonyl (C=O) groups excluding carboxylic acids is 1. The number of aromatic nitrogens is 4. The molecule has 0 saturated carbocycles. The van der Waals surface area contributed by atoms with Crippen molar-refractivity contribution in [3.8, 4) is 28.6 Å². The molecule has 0 saturated heterocycles. The van der Waals surface area contributed by atoms with Crippen LogP contribution in [0.5, 0.6) is 17.2 Å². The van der Waals surface area contributed by atoms with Crippen LogP contribution in [-0.2, 0) is 44.5 Å². The molecule has 5 aromatic rings. The van der Waals surface area contributed by atoms with E-state index in [2.05, 4.69) is 20.1 Å². The smallest absolute Gasteiger partial charge is 0.408 e. The Bertz CT molecular complexity index is 2480. The van der Waals surface area contributed by atoms with Crippen molar-refractivity contribution in [3.63, 3.8) is 0 Å². The fraction of sp³-hybridized carbons (Fsp3) is 0.308. The summed E-state index contributed by atoms with van der Waals surface area (Å²) in [5.41, 5.74) is 6.13. The number of primary amides is 1. The molecule has 0 unspecified atom stereocenters. The van der Waals surface area contributed by atoms with E-state index in [-0.39, 0.29) is 34.6 Å². The van der Waals surface area contributed by atoms with Crippen molar-refractivity contribution < 1.29 is 45.7 Å². The van der Waals surface area contributed by atoms with Gasteiger partial charge in [-0.05, 0) is 114 Å². The van der Waals surface area contributed by atoms with Crippen molar-refractivity contribution in [2.24, 2.45) is 5.73 Å². The van der Waals surface area contributed by atoms with E-state index < -0.39 is 60.0 Å². The maximum absolute atomic E-state index is 15.5. The van der Waals surface area contributed by atoms with Crippen LogP contribution in [0, 0.1) is 3.57 Å². The zero-order valence-electron chi connectivity index (χ0n) is 33.6. The van der Waals surface area contributed by atoms with Crippen molar-refractivity contribution in [1.82, 2.24) is 34.1 Å². The number of sulfonamides is 2. The highest BCUT2D eigenvalue weighted by molar-refractivity contribution is 14.1. The van der Waals surface area contributed by atoms with E-state index in [1.807, 2.05) is 22.6 Å². The van der Waals surface area contributed by atoms with Crippen LogP contribution in [0.4, 0.5) is 4.79 Å². The van der Waals surface area contributed by atoms with Crippen molar-refractivity contribution in [3.05, 3.63) is 105 Å². The highest BCUT2D eigenvalue weighted by Crippen LogP contribution is 2.38. The average molecular weight is 977 g/mol. The minimum atomic E-state index is -4.91. The number of nitrogens with two attached hydrogens (primary N) is 1. The lowest BCUT2D eigenvalue weighted by atomic mass is 10.0. The van der Waals surface area contributed by atoms with E-state index in [0.717, 1.165) is 20.8 Å². The Labute approximate surface area is 361 Å². The predicted octanol–water partition coefficient (Wildman–Crippen LogP) is 4.32. The van der Waals surface area contributed by atoms with Crippen LogP contribution in [0.2, 0.25) is 0 Å². The summed E-state index contributed by atoms with van der Waals surface area (Å²) in [5.74, 6) is 0.376. The molecule has 5 rings (SSSR count). The normalized spacial score (nSPS) is 12.5. The van der Waals surface area contributed by atoms with Gasteiger partial charge >= 0.3 is 6.09 Å². The lowest BCUT2D eigenvalue weighted by molar-refractivity contribution is -0.124. The van der Waals surface area contributed by atoms with E-state index in [0.29, 0.717) is 28.4 Å². The Morgan fingerprint density at radius 3 is 1.73 bits per heavy atom.